The van der Waals surface area contributed by atoms with E-state index in [1.807, 2.05) is 18.2 Å². The Bertz CT molecular complexity index is 811. The number of carbonyl (C=O) groups is 1. The van der Waals surface area contributed by atoms with Crippen molar-refractivity contribution in [3.05, 3.63) is 23.8 Å². The van der Waals surface area contributed by atoms with Crippen molar-refractivity contribution in [3.8, 4) is 11.5 Å². The smallest absolute Gasteiger partial charge is 0.317 e. The molecule has 26 heavy (non-hydrogen) atoms. The molecule has 0 aromatic heterocycles. The molecule has 0 radical (unpaired) electrons. The van der Waals surface area contributed by atoms with Gasteiger partial charge in [0.2, 0.25) is 0 Å². The lowest BCUT2D eigenvalue weighted by Gasteiger charge is -2.43. The van der Waals surface area contributed by atoms with E-state index in [1.54, 1.807) is 4.90 Å². The van der Waals surface area contributed by atoms with Crippen molar-refractivity contribution in [2.24, 2.45) is 0 Å². The van der Waals surface area contributed by atoms with Gasteiger partial charge in [-0.1, -0.05) is 6.07 Å². The van der Waals surface area contributed by atoms with Gasteiger partial charge in [-0.3, -0.25) is 14.6 Å². The number of fused-ring (bicyclic) bond motifs is 2. The van der Waals surface area contributed by atoms with Crippen molar-refractivity contribution in [1.82, 2.24) is 9.80 Å². The highest BCUT2D eigenvalue weighted by atomic mass is 32.2. The summed E-state index contributed by atoms with van der Waals surface area (Å²) >= 11 is 0. The van der Waals surface area contributed by atoms with Crippen molar-refractivity contribution < 1.29 is 27.8 Å². The maximum Gasteiger partial charge on any atom is 0.317 e. The number of carboxylic acid groups (broad SMARTS) is 1. The predicted molar refractivity (Wildman–Crippen MR) is 93.3 cm³/mol. The third-order valence-corrected chi connectivity index (χ3v) is 6.94. The van der Waals surface area contributed by atoms with Crippen LogP contribution in [-0.4, -0.2) is 85.7 Å². The zero-order valence-corrected chi connectivity index (χ0v) is 15.2. The molecular formula is C17H22N2O6S. The van der Waals surface area contributed by atoms with Crippen LogP contribution in [0.15, 0.2) is 18.2 Å². The van der Waals surface area contributed by atoms with E-state index in [4.69, 9.17) is 14.6 Å². The lowest BCUT2D eigenvalue weighted by atomic mass is 10.0. The van der Waals surface area contributed by atoms with E-state index in [9.17, 15) is 13.2 Å². The molecule has 9 heteroatoms. The fraction of sp³-hybridized carbons (Fsp3) is 0.588. The standard InChI is InChI=1S/C17H22N2O6S/c20-17(21)9-19-4-3-18(13-10-26(22,23)11-14(13)19)8-12-1-2-15-16(7-12)25-6-5-24-15/h1-2,7,13-14H,3-6,8-11H2,(H,20,21)/t13-,14+/m0/s1. The van der Waals surface area contributed by atoms with Crippen LogP contribution in [0.3, 0.4) is 0 Å². The third kappa shape index (κ3) is 3.51. The summed E-state index contributed by atoms with van der Waals surface area (Å²) in [5.74, 6) is 0.635. The van der Waals surface area contributed by atoms with E-state index in [1.165, 1.54) is 0 Å². The summed E-state index contributed by atoms with van der Waals surface area (Å²) in [4.78, 5) is 15.0. The first-order chi connectivity index (χ1) is 12.4. The number of piperazine rings is 1. The Morgan fingerprint density at radius 2 is 1.73 bits per heavy atom. The first-order valence-corrected chi connectivity index (χ1v) is 10.5. The minimum atomic E-state index is -3.16. The van der Waals surface area contributed by atoms with Crippen LogP contribution in [0, 0.1) is 0 Å². The molecule has 142 valence electrons. The molecule has 1 N–H and O–H groups in total. The highest BCUT2D eigenvalue weighted by molar-refractivity contribution is 7.91. The van der Waals surface area contributed by atoms with Crippen molar-refractivity contribution in [2.75, 3.05) is 44.4 Å². The number of benzene rings is 1. The van der Waals surface area contributed by atoms with E-state index in [0.717, 1.165) is 11.3 Å². The second-order valence-electron chi connectivity index (χ2n) is 7.02. The molecule has 1 aromatic carbocycles. The van der Waals surface area contributed by atoms with Crippen molar-refractivity contribution in [3.63, 3.8) is 0 Å². The first-order valence-electron chi connectivity index (χ1n) is 8.70. The maximum atomic E-state index is 12.2. The number of rotatable bonds is 4. The van der Waals surface area contributed by atoms with Crippen LogP contribution in [0.1, 0.15) is 5.56 Å². The van der Waals surface area contributed by atoms with Crippen molar-refractivity contribution >= 4 is 15.8 Å². The summed E-state index contributed by atoms with van der Waals surface area (Å²) in [7, 11) is -3.16. The molecule has 0 spiro atoms. The zero-order chi connectivity index (χ0) is 18.3. The van der Waals surface area contributed by atoms with E-state index >= 15 is 0 Å². The van der Waals surface area contributed by atoms with Crippen molar-refractivity contribution in [2.45, 2.75) is 18.6 Å². The molecule has 3 aliphatic heterocycles. The Balaban J connectivity index is 1.53. The summed E-state index contributed by atoms with van der Waals surface area (Å²) in [5, 5.41) is 9.10. The molecule has 0 aliphatic carbocycles. The van der Waals surface area contributed by atoms with Gasteiger partial charge in [0.05, 0.1) is 18.1 Å². The number of hydrogen-bond donors (Lipinski definition) is 1. The Morgan fingerprint density at radius 1 is 1.08 bits per heavy atom. The number of sulfone groups is 1. The van der Waals surface area contributed by atoms with Gasteiger partial charge in [0.25, 0.3) is 0 Å². The van der Waals surface area contributed by atoms with Gasteiger partial charge in [-0.2, -0.15) is 0 Å². The molecule has 0 bridgehead atoms. The fourth-order valence-electron chi connectivity index (χ4n) is 4.08. The number of hydrogen-bond acceptors (Lipinski definition) is 7. The summed E-state index contributed by atoms with van der Waals surface area (Å²) in [6.07, 6.45) is 0. The van der Waals surface area contributed by atoms with Crippen LogP contribution in [0.2, 0.25) is 0 Å². The van der Waals surface area contributed by atoms with Crippen LogP contribution in [0.25, 0.3) is 0 Å². The van der Waals surface area contributed by atoms with E-state index < -0.39 is 15.8 Å². The van der Waals surface area contributed by atoms with E-state index in [-0.39, 0.29) is 30.1 Å². The summed E-state index contributed by atoms with van der Waals surface area (Å²) in [5.41, 5.74) is 1.03. The van der Waals surface area contributed by atoms with Gasteiger partial charge in [0, 0.05) is 31.7 Å². The van der Waals surface area contributed by atoms with Crippen molar-refractivity contribution in [1.29, 1.82) is 0 Å². The summed E-state index contributed by atoms with van der Waals surface area (Å²) in [6, 6.07) is 5.35. The molecule has 8 nitrogen and oxygen atoms in total. The largest absolute Gasteiger partial charge is 0.486 e. The van der Waals surface area contributed by atoms with Gasteiger partial charge in [0.1, 0.15) is 13.2 Å². The Labute approximate surface area is 152 Å². The van der Waals surface area contributed by atoms with Gasteiger partial charge in [-0.25, -0.2) is 8.42 Å². The van der Waals surface area contributed by atoms with E-state index in [0.29, 0.717) is 38.6 Å². The Kier molecular flexibility index (Phi) is 4.54. The molecular weight excluding hydrogens is 360 g/mol. The highest BCUT2D eigenvalue weighted by Gasteiger charge is 2.46. The van der Waals surface area contributed by atoms with Crippen LogP contribution in [0.5, 0.6) is 11.5 Å². The van der Waals surface area contributed by atoms with Gasteiger partial charge in [0.15, 0.2) is 21.3 Å². The number of nitrogens with zero attached hydrogens (tertiary/aromatic N) is 2. The van der Waals surface area contributed by atoms with E-state index in [2.05, 4.69) is 4.90 Å². The molecule has 2 saturated heterocycles. The summed E-state index contributed by atoms with van der Waals surface area (Å²) in [6.45, 7) is 2.74. The number of ether oxygens (including phenoxy) is 2. The molecule has 2 fully saturated rings. The fourth-order valence-corrected chi connectivity index (χ4v) is 6.13. The predicted octanol–water partition coefficient (Wildman–Crippen LogP) is -0.174. The molecule has 4 rings (SSSR count). The second kappa shape index (κ2) is 6.71. The normalized spacial score (nSPS) is 27.8. The quantitative estimate of drug-likeness (QED) is 0.767. The lowest BCUT2D eigenvalue weighted by molar-refractivity contribution is -0.139. The van der Waals surface area contributed by atoms with Gasteiger partial charge in [-0.15, -0.1) is 0 Å². The van der Waals surface area contributed by atoms with Gasteiger partial charge >= 0.3 is 5.97 Å². The van der Waals surface area contributed by atoms with Gasteiger partial charge < -0.3 is 14.6 Å². The molecule has 0 saturated carbocycles. The Hall–Kier alpha value is -1.84. The SMILES string of the molecule is O=C(O)CN1CCN(Cc2ccc3c(c2)OCCO3)[C@H]2CS(=O)(=O)C[C@H]21. The minimum absolute atomic E-state index is 0.0303. The lowest BCUT2D eigenvalue weighted by Crippen LogP contribution is -2.59. The van der Waals surface area contributed by atoms with Crippen LogP contribution < -0.4 is 9.47 Å². The first kappa shape index (κ1) is 17.6. The maximum absolute atomic E-state index is 12.2. The topological polar surface area (TPSA) is 96.4 Å². The average Bonchev–Trinajstić information content (AvgIpc) is 2.92. The molecule has 3 aliphatic rings. The highest BCUT2D eigenvalue weighted by Crippen LogP contribution is 2.33. The van der Waals surface area contributed by atoms with Crippen LogP contribution >= 0.6 is 0 Å². The van der Waals surface area contributed by atoms with Crippen LogP contribution in [-0.2, 0) is 21.2 Å². The second-order valence-corrected chi connectivity index (χ2v) is 9.18. The Morgan fingerprint density at radius 3 is 2.46 bits per heavy atom. The zero-order valence-electron chi connectivity index (χ0n) is 14.3. The van der Waals surface area contributed by atoms with Gasteiger partial charge in [-0.05, 0) is 17.7 Å². The summed E-state index contributed by atoms with van der Waals surface area (Å²) < 4.78 is 35.5. The molecule has 0 unspecified atom stereocenters. The average molecular weight is 382 g/mol. The molecule has 3 heterocycles. The molecule has 1 aromatic rings. The third-order valence-electron chi connectivity index (χ3n) is 5.24. The molecule has 0 amide bonds. The van der Waals surface area contributed by atoms with Crippen LogP contribution in [0.4, 0.5) is 0 Å². The number of aliphatic carboxylic acids is 1. The number of carboxylic acids is 1. The monoisotopic (exact) mass is 382 g/mol. The molecule has 2 atom stereocenters. The minimum Gasteiger partial charge on any atom is -0.486 e.